The first-order valence-electron chi connectivity index (χ1n) is 7.12. The molecule has 0 aliphatic heterocycles. The molecule has 0 radical (unpaired) electrons. The molecule has 0 spiro atoms. The average Bonchev–Trinajstić information content (AvgIpc) is 2.85. The van der Waals surface area contributed by atoms with Gasteiger partial charge < -0.3 is 10.4 Å². The van der Waals surface area contributed by atoms with Gasteiger partial charge in [0.15, 0.2) is 17.5 Å². The number of ketones is 2. The van der Waals surface area contributed by atoms with Crippen molar-refractivity contribution in [3.8, 4) is 11.1 Å². The average molecular weight is 324 g/mol. The number of nitrogens with zero attached hydrogens (tertiary/aromatic N) is 1. The number of carbonyl (C=O) groups is 4. The summed E-state index contributed by atoms with van der Waals surface area (Å²) in [4.78, 5) is 51.7. The number of amides is 1. The first kappa shape index (κ1) is 15.5. The summed E-state index contributed by atoms with van der Waals surface area (Å²) in [5.74, 6) is -4.95. The van der Waals surface area contributed by atoms with Crippen molar-refractivity contribution in [2.45, 2.75) is 0 Å². The second kappa shape index (κ2) is 6.04. The van der Waals surface area contributed by atoms with Gasteiger partial charge in [-0.3, -0.25) is 24.2 Å². The van der Waals surface area contributed by atoms with Gasteiger partial charge in [0.2, 0.25) is 5.91 Å². The molecule has 2 N–H and O–H groups in total. The van der Waals surface area contributed by atoms with E-state index in [0.29, 0.717) is 11.1 Å². The minimum Gasteiger partial charge on any atom is -0.480 e. The van der Waals surface area contributed by atoms with E-state index in [4.69, 9.17) is 5.11 Å². The number of carbonyl (C=O) groups excluding carboxylic acids is 3. The fraction of sp³-hybridized carbons (Fsp3) is 0.118. The predicted molar refractivity (Wildman–Crippen MR) is 82.5 cm³/mol. The number of rotatable bonds is 4. The molecule has 7 nitrogen and oxygen atoms in total. The number of fused-ring (bicyclic) bond motifs is 1. The first-order chi connectivity index (χ1) is 11.5. The Hall–Kier alpha value is -3.35. The number of aliphatic carboxylic acids is 1. The van der Waals surface area contributed by atoms with Crippen molar-refractivity contribution in [1.29, 1.82) is 0 Å². The van der Waals surface area contributed by atoms with Gasteiger partial charge >= 0.3 is 5.97 Å². The van der Waals surface area contributed by atoms with Gasteiger partial charge in [-0.1, -0.05) is 24.3 Å². The lowest BCUT2D eigenvalue weighted by Gasteiger charge is -2.07. The maximum Gasteiger partial charge on any atom is 0.322 e. The number of hydrogen-bond donors (Lipinski definition) is 2. The Balaban J connectivity index is 2.01. The van der Waals surface area contributed by atoms with E-state index in [1.807, 2.05) is 0 Å². The van der Waals surface area contributed by atoms with E-state index in [2.05, 4.69) is 10.3 Å². The number of nitrogens with one attached hydrogen (secondary N) is 1. The predicted octanol–water partition coefficient (Wildman–Crippen LogP) is 0.945. The summed E-state index contributed by atoms with van der Waals surface area (Å²) in [7, 11) is 0. The normalized spacial score (nSPS) is 15.9. The van der Waals surface area contributed by atoms with Crippen molar-refractivity contribution in [3.05, 3.63) is 53.9 Å². The van der Waals surface area contributed by atoms with Crippen LogP contribution < -0.4 is 5.32 Å². The van der Waals surface area contributed by atoms with E-state index in [1.54, 1.807) is 36.7 Å². The summed E-state index contributed by atoms with van der Waals surface area (Å²) in [6.07, 6.45) is 3.15. The van der Waals surface area contributed by atoms with E-state index in [0.717, 1.165) is 0 Å². The lowest BCUT2D eigenvalue weighted by Crippen LogP contribution is -2.39. The van der Waals surface area contributed by atoms with E-state index in [9.17, 15) is 19.2 Å². The van der Waals surface area contributed by atoms with Crippen LogP contribution in [0.3, 0.4) is 0 Å². The number of pyridine rings is 1. The lowest BCUT2D eigenvalue weighted by molar-refractivity contribution is -0.138. The highest BCUT2D eigenvalue weighted by Crippen LogP contribution is 2.34. The van der Waals surface area contributed by atoms with Crippen LogP contribution in [0.15, 0.2) is 42.7 Å². The van der Waals surface area contributed by atoms with Gasteiger partial charge in [0.25, 0.3) is 0 Å². The van der Waals surface area contributed by atoms with E-state index >= 15 is 0 Å². The Morgan fingerprint density at radius 3 is 2.50 bits per heavy atom. The quantitative estimate of drug-likeness (QED) is 0.809. The Morgan fingerprint density at radius 1 is 1.08 bits per heavy atom. The number of carboxylic acid groups (broad SMARTS) is 1. The minimum absolute atomic E-state index is 0.164. The molecule has 1 amide bonds. The number of hydrogen-bond acceptors (Lipinski definition) is 5. The molecule has 1 unspecified atom stereocenters. The highest BCUT2D eigenvalue weighted by atomic mass is 16.4. The molecule has 1 aliphatic rings. The van der Waals surface area contributed by atoms with Crippen LogP contribution in [0.25, 0.3) is 11.1 Å². The molecule has 0 saturated carbocycles. The topological polar surface area (TPSA) is 113 Å². The largest absolute Gasteiger partial charge is 0.480 e. The number of benzene rings is 1. The monoisotopic (exact) mass is 324 g/mol. The molecular weight excluding hydrogens is 312 g/mol. The van der Waals surface area contributed by atoms with E-state index in [1.165, 1.54) is 6.07 Å². The molecular formula is C17H12N2O5. The van der Waals surface area contributed by atoms with Gasteiger partial charge in [-0.25, -0.2) is 0 Å². The number of aromatic nitrogens is 1. The van der Waals surface area contributed by atoms with Crippen LogP contribution in [0.1, 0.15) is 20.7 Å². The van der Waals surface area contributed by atoms with Crippen LogP contribution in [-0.2, 0) is 9.59 Å². The van der Waals surface area contributed by atoms with Gasteiger partial charge in [-0.15, -0.1) is 0 Å². The fourth-order valence-corrected chi connectivity index (χ4v) is 2.71. The third kappa shape index (κ3) is 2.56. The zero-order chi connectivity index (χ0) is 17.3. The Labute approximate surface area is 136 Å². The lowest BCUT2D eigenvalue weighted by atomic mass is 9.97. The minimum atomic E-state index is -1.54. The second-order valence-electron chi connectivity index (χ2n) is 5.24. The smallest absolute Gasteiger partial charge is 0.322 e. The van der Waals surface area contributed by atoms with Crippen molar-refractivity contribution >= 4 is 23.4 Å². The Morgan fingerprint density at radius 2 is 1.83 bits per heavy atom. The van der Waals surface area contributed by atoms with Gasteiger partial charge in [0.05, 0.1) is 0 Å². The summed E-state index contributed by atoms with van der Waals surface area (Å²) in [5.41, 5.74) is 1.51. The molecule has 120 valence electrons. The van der Waals surface area contributed by atoms with Crippen LogP contribution in [-0.4, -0.2) is 40.1 Å². The SMILES string of the molecule is O=C(O)CNC(=O)C1C(=O)c2cccc(-c3cccnc3)c2C1=O. The summed E-state index contributed by atoms with van der Waals surface area (Å²) in [5, 5.41) is 10.7. The van der Waals surface area contributed by atoms with Crippen LogP contribution >= 0.6 is 0 Å². The standard InChI is InChI=1S/C17H12N2O5/c20-12(21)8-19-17(24)14-15(22)11-5-1-4-10(13(11)16(14)23)9-3-2-6-18-7-9/h1-7,14H,8H2,(H,19,24)(H,20,21). The Bertz CT molecular complexity index is 861. The summed E-state index contributed by atoms with van der Waals surface area (Å²) in [6.45, 7) is -0.651. The highest BCUT2D eigenvalue weighted by Gasteiger charge is 2.44. The second-order valence-corrected chi connectivity index (χ2v) is 5.24. The van der Waals surface area contributed by atoms with Gasteiger partial charge in [-0.2, -0.15) is 0 Å². The first-order valence-corrected chi connectivity index (χ1v) is 7.12. The molecule has 1 atom stereocenters. The molecule has 0 bridgehead atoms. The molecule has 1 aromatic carbocycles. The molecule has 0 saturated heterocycles. The van der Waals surface area contributed by atoms with Crippen molar-refractivity contribution in [2.24, 2.45) is 5.92 Å². The summed E-state index contributed by atoms with van der Waals surface area (Å²) < 4.78 is 0. The van der Waals surface area contributed by atoms with Crippen molar-refractivity contribution in [2.75, 3.05) is 6.54 Å². The molecule has 7 heteroatoms. The summed E-state index contributed by atoms with van der Waals surface area (Å²) >= 11 is 0. The van der Waals surface area contributed by atoms with Gasteiger partial charge in [0, 0.05) is 29.1 Å². The third-order valence-corrected chi connectivity index (χ3v) is 3.75. The molecule has 1 aliphatic carbocycles. The zero-order valence-electron chi connectivity index (χ0n) is 12.4. The highest BCUT2D eigenvalue weighted by molar-refractivity contribution is 6.36. The fourth-order valence-electron chi connectivity index (χ4n) is 2.71. The molecule has 24 heavy (non-hydrogen) atoms. The van der Waals surface area contributed by atoms with Crippen LogP contribution in [0, 0.1) is 5.92 Å². The van der Waals surface area contributed by atoms with E-state index < -0.39 is 35.9 Å². The molecule has 1 heterocycles. The number of carboxylic acids is 1. The molecule has 2 aromatic rings. The Kier molecular flexibility index (Phi) is 3.91. The van der Waals surface area contributed by atoms with Crippen LogP contribution in [0.4, 0.5) is 0 Å². The van der Waals surface area contributed by atoms with Crippen molar-refractivity contribution < 1.29 is 24.3 Å². The summed E-state index contributed by atoms with van der Waals surface area (Å²) in [6, 6.07) is 8.24. The molecule has 0 fully saturated rings. The molecule has 1 aromatic heterocycles. The third-order valence-electron chi connectivity index (χ3n) is 3.75. The van der Waals surface area contributed by atoms with Crippen molar-refractivity contribution in [3.63, 3.8) is 0 Å². The zero-order valence-corrected chi connectivity index (χ0v) is 12.4. The van der Waals surface area contributed by atoms with Crippen LogP contribution in [0.2, 0.25) is 0 Å². The van der Waals surface area contributed by atoms with Crippen molar-refractivity contribution in [1.82, 2.24) is 10.3 Å². The van der Waals surface area contributed by atoms with Gasteiger partial charge in [0.1, 0.15) is 6.54 Å². The number of Topliss-reactive ketones (excluding diaryl/α,β-unsaturated/α-hetero) is 2. The maximum atomic E-state index is 12.6. The van der Waals surface area contributed by atoms with Gasteiger partial charge in [-0.05, 0) is 11.6 Å². The maximum absolute atomic E-state index is 12.6. The van der Waals surface area contributed by atoms with Crippen LogP contribution in [0.5, 0.6) is 0 Å². The van der Waals surface area contributed by atoms with E-state index in [-0.39, 0.29) is 11.1 Å². The molecule has 3 rings (SSSR count).